The molecule has 2 aromatic carbocycles. The van der Waals surface area contributed by atoms with E-state index in [1.807, 2.05) is 6.08 Å². The van der Waals surface area contributed by atoms with Gasteiger partial charge in [-0.1, -0.05) is 42.8 Å². The highest BCUT2D eigenvalue weighted by Crippen LogP contribution is 2.09. The summed E-state index contributed by atoms with van der Waals surface area (Å²) < 4.78 is 5.32. The molecule has 0 radical (unpaired) electrons. The molecule has 1 fully saturated rings. The van der Waals surface area contributed by atoms with Crippen molar-refractivity contribution >= 4 is 17.9 Å². The van der Waals surface area contributed by atoms with Gasteiger partial charge in [0.1, 0.15) is 6.04 Å². The van der Waals surface area contributed by atoms with Crippen LogP contribution in [0.4, 0.5) is 0 Å². The second-order valence-corrected chi connectivity index (χ2v) is 7.84. The lowest BCUT2D eigenvalue weighted by atomic mass is 10.1. The van der Waals surface area contributed by atoms with Gasteiger partial charge in [-0.3, -0.25) is 19.7 Å². The van der Waals surface area contributed by atoms with Gasteiger partial charge < -0.3 is 15.8 Å². The lowest BCUT2D eigenvalue weighted by Crippen LogP contribution is -2.54. The van der Waals surface area contributed by atoms with Gasteiger partial charge in [0.05, 0.1) is 13.2 Å². The van der Waals surface area contributed by atoms with Crippen LogP contribution >= 0.6 is 0 Å². The average molecular weight is 465 g/mol. The fourth-order valence-corrected chi connectivity index (χ4v) is 3.22. The maximum absolute atomic E-state index is 11.9. The molecule has 1 aliphatic heterocycles. The van der Waals surface area contributed by atoms with E-state index in [2.05, 4.69) is 47.0 Å². The average Bonchev–Trinajstić information content (AvgIpc) is 2.88. The molecule has 3 rings (SSSR count). The van der Waals surface area contributed by atoms with Crippen LogP contribution in [0.1, 0.15) is 34.0 Å². The Morgan fingerprint density at radius 1 is 1.21 bits per heavy atom. The number of hydrogen-bond acceptors (Lipinski definition) is 6. The Morgan fingerprint density at radius 3 is 2.32 bits per heavy atom. The molecule has 180 valence electrons. The Hall–Kier alpha value is -3.48. The predicted molar refractivity (Wildman–Crippen MR) is 132 cm³/mol. The summed E-state index contributed by atoms with van der Waals surface area (Å²) in [6, 6.07) is 13.2. The monoisotopic (exact) mass is 464 g/mol. The minimum Gasteiger partial charge on any atom is -0.379 e. The molecule has 8 heteroatoms. The molecule has 0 spiro atoms. The lowest BCUT2D eigenvalue weighted by Gasteiger charge is -2.26. The van der Waals surface area contributed by atoms with E-state index in [4.69, 9.17) is 22.1 Å². The molecular weight excluding hydrogens is 432 g/mol. The number of hydroxylamine groups is 1. The fourth-order valence-electron chi connectivity index (χ4n) is 3.22. The van der Waals surface area contributed by atoms with Crippen molar-refractivity contribution in [3.05, 3.63) is 77.4 Å². The standard InChI is InChI=1S/C13H15N3O3.C13H17NO/c1-3-9-4-6-10(7-5-9)12(17)15-11(8(2)14)13(18)16-19;1-2-12-3-5-13(6-4-12)11-14-7-9-15-10-8-14/h1,4-8,11,19H,14H2,2H3,(H,15,17)(H,16,18);2-6H,1,7-11H2. The minimum absolute atomic E-state index is 0.343. The van der Waals surface area contributed by atoms with Gasteiger partial charge >= 0.3 is 0 Å². The molecule has 8 nitrogen and oxygen atoms in total. The van der Waals surface area contributed by atoms with Crippen LogP contribution in [-0.4, -0.2) is 60.3 Å². The quantitative estimate of drug-likeness (QED) is 0.282. The maximum Gasteiger partial charge on any atom is 0.267 e. The Balaban J connectivity index is 0.000000246. The van der Waals surface area contributed by atoms with Crippen LogP contribution in [0.15, 0.2) is 55.1 Å². The van der Waals surface area contributed by atoms with Crippen LogP contribution in [0.2, 0.25) is 0 Å². The number of terminal acetylenes is 1. The molecule has 2 aromatic rings. The van der Waals surface area contributed by atoms with Gasteiger partial charge in [-0.25, -0.2) is 5.48 Å². The number of carbonyl (C=O) groups excluding carboxylic acids is 2. The zero-order chi connectivity index (χ0) is 24.9. The van der Waals surface area contributed by atoms with Crippen molar-refractivity contribution in [3.63, 3.8) is 0 Å². The number of morpholine rings is 1. The summed E-state index contributed by atoms with van der Waals surface area (Å²) in [7, 11) is 0. The summed E-state index contributed by atoms with van der Waals surface area (Å²) in [5.41, 5.74) is 10.6. The van der Waals surface area contributed by atoms with Crippen molar-refractivity contribution in [2.24, 2.45) is 5.73 Å². The molecule has 2 atom stereocenters. The van der Waals surface area contributed by atoms with E-state index in [1.54, 1.807) is 31.2 Å². The Bertz CT molecular complexity index is 975. The third kappa shape index (κ3) is 8.46. The first-order valence-corrected chi connectivity index (χ1v) is 11.0. The van der Waals surface area contributed by atoms with Gasteiger partial charge in [-0.2, -0.15) is 0 Å². The number of nitrogens with two attached hydrogens (primary N) is 1. The number of rotatable bonds is 7. The van der Waals surface area contributed by atoms with Crippen molar-refractivity contribution in [1.82, 2.24) is 15.7 Å². The van der Waals surface area contributed by atoms with Crippen molar-refractivity contribution in [3.8, 4) is 12.3 Å². The summed E-state index contributed by atoms with van der Waals surface area (Å²) in [5.74, 6) is 1.18. The van der Waals surface area contributed by atoms with Crippen molar-refractivity contribution in [1.29, 1.82) is 0 Å². The van der Waals surface area contributed by atoms with E-state index >= 15 is 0 Å². The normalized spacial score (nSPS) is 15.0. The van der Waals surface area contributed by atoms with Crippen molar-refractivity contribution in [2.75, 3.05) is 26.3 Å². The number of hydrogen-bond donors (Lipinski definition) is 4. The Morgan fingerprint density at radius 2 is 1.82 bits per heavy atom. The largest absolute Gasteiger partial charge is 0.379 e. The van der Waals surface area contributed by atoms with E-state index in [0.29, 0.717) is 11.1 Å². The molecule has 1 heterocycles. The smallest absolute Gasteiger partial charge is 0.267 e. The van der Waals surface area contributed by atoms with E-state index < -0.39 is 23.9 Å². The topological polar surface area (TPSA) is 117 Å². The summed E-state index contributed by atoms with van der Waals surface area (Å²) in [6.07, 6.45) is 7.08. The van der Waals surface area contributed by atoms with Crippen LogP contribution < -0.4 is 16.5 Å². The number of nitrogens with one attached hydrogen (secondary N) is 2. The van der Waals surface area contributed by atoms with Crippen LogP contribution in [0.5, 0.6) is 0 Å². The molecule has 1 saturated heterocycles. The van der Waals surface area contributed by atoms with Gasteiger partial charge in [0, 0.05) is 36.8 Å². The van der Waals surface area contributed by atoms with Crippen molar-refractivity contribution in [2.45, 2.75) is 25.6 Å². The van der Waals surface area contributed by atoms with Crippen LogP contribution in [0, 0.1) is 12.3 Å². The Kier molecular flexibility index (Phi) is 11.0. The predicted octanol–water partition coefficient (Wildman–Crippen LogP) is 1.78. The molecule has 0 aliphatic carbocycles. The second kappa shape index (κ2) is 13.9. The first-order valence-electron chi connectivity index (χ1n) is 11.0. The number of ether oxygens (including phenoxy) is 1. The summed E-state index contributed by atoms with van der Waals surface area (Å²) >= 11 is 0. The molecule has 1 aliphatic rings. The second-order valence-electron chi connectivity index (χ2n) is 7.84. The third-order valence-electron chi connectivity index (χ3n) is 5.24. The molecular formula is C26H32N4O4. The highest BCUT2D eigenvalue weighted by atomic mass is 16.5. The number of benzene rings is 2. The highest BCUT2D eigenvalue weighted by molar-refractivity contribution is 5.97. The maximum atomic E-state index is 11.9. The Labute approximate surface area is 200 Å². The van der Waals surface area contributed by atoms with Crippen LogP contribution in [0.3, 0.4) is 0 Å². The van der Waals surface area contributed by atoms with Crippen LogP contribution in [0.25, 0.3) is 6.08 Å². The molecule has 34 heavy (non-hydrogen) atoms. The summed E-state index contributed by atoms with van der Waals surface area (Å²) in [6.45, 7) is 10.1. The first kappa shape index (κ1) is 26.8. The zero-order valence-electron chi connectivity index (χ0n) is 19.4. The van der Waals surface area contributed by atoms with E-state index in [9.17, 15) is 9.59 Å². The van der Waals surface area contributed by atoms with Gasteiger partial charge in [0.15, 0.2) is 0 Å². The van der Waals surface area contributed by atoms with Gasteiger partial charge in [0.25, 0.3) is 11.8 Å². The van der Waals surface area contributed by atoms with E-state index in [0.717, 1.165) is 32.8 Å². The van der Waals surface area contributed by atoms with Gasteiger partial charge in [-0.05, 0) is 42.3 Å². The molecule has 2 unspecified atom stereocenters. The zero-order valence-corrected chi connectivity index (χ0v) is 19.4. The molecule has 5 N–H and O–H groups in total. The molecule has 0 bridgehead atoms. The molecule has 2 amide bonds. The van der Waals surface area contributed by atoms with Gasteiger partial charge in [-0.15, -0.1) is 6.42 Å². The van der Waals surface area contributed by atoms with Crippen molar-refractivity contribution < 1.29 is 19.5 Å². The van der Waals surface area contributed by atoms with E-state index in [1.165, 1.54) is 16.6 Å². The number of carbonyl (C=O) groups is 2. The molecule has 0 saturated carbocycles. The SMILES string of the molecule is C#Cc1ccc(C(=O)NC(C(=O)NO)C(C)N)cc1.C=Cc1ccc(CN2CCOCC2)cc1. The molecule has 0 aromatic heterocycles. The third-order valence-corrected chi connectivity index (χ3v) is 5.24. The highest BCUT2D eigenvalue weighted by Gasteiger charge is 2.24. The van der Waals surface area contributed by atoms with Crippen LogP contribution in [-0.2, 0) is 16.1 Å². The first-order chi connectivity index (χ1) is 16.4. The summed E-state index contributed by atoms with van der Waals surface area (Å²) in [4.78, 5) is 25.7. The van der Waals surface area contributed by atoms with E-state index in [-0.39, 0.29) is 0 Å². The number of amides is 2. The summed E-state index contributed by atoms with van der Waals surface area (Å²) in [5, 5.41) is 11.0. The minimum atomic E-state index is -1.02. The lowest BCUT2D eigenvalue weighted by molar-refractivity contribution is -0.131. The fraction of sp³-hybridized carbons (Fsp3) is 0.308. The number of nitrogens with zero attached hydrogens (tertiary/aromatic N) is 1. The van der Waals surface area contributed by atoms with Gasteiger partial charge in [0.2, 0.25) is 0 Å².